The van der Waals surface area contributed by atoms with Crippen molar-refractivity contribution in [2.75, 3.05) is 19.6 Å². The maximum atomic E-state index is 12.9. The van der Waals surface area contributed by atoms with Crippen molar-refractivity contribution in [3.8, 4) is 11.3 Å². The first-order valence-electron chi connectivity index (χ1n) is 12.4. The van der Waals surface area contributed by atoms with Crippen LogP contribution in [0.2, 0.25) is 0 Å². The fourth-order valence-corrected chi connectivity index (χ4v) is 4.16. The molecule has 4 rings (SSSR count). The number of likely N-dealkylation sites (tertiary alicyclic amines) is 1. The Morgan fingerprint density at radius 2 is 1.83 bits per heavy atom. The van der Waals surface area contributed by atoms with Crippen molar-refractivity contribution >= 4 is 18.3 Å². The number of benzene rings is 2. The van der Waals surface area contributed by atoms with Crippen LogP contribution in [0.4, 0.5) is 4.79 Å². The van der Waals surface area contributed by atoms with Gasteiger partial charge in [0.1, 0.15) is 12.9 Å². The summed E-state index contributed by atoms with van der Waals surface area (Å²) in [5.74, 6) is 0.576. The number of hydrogen-bond donors (Lipinski definition) is 1. The Bertz CT molecular complexity index is 1170. The van der Waals surface area contributed by atoms with Gasteiger partial charge in [0, 0.05) is 36.7 Å². The summed E-state index contributed by atoms with van der Waals surface area (Å²) in [7, 11) is 0. The van der Waals surface area contributed by atoms with Crippen molar-refractivity contribution in [2.24, 2.45) is 0 Å². The van der Waals surface area contributed by atoms with E-state index in [0.29, 0.717) is 55.3 Å². The van der Waals surface area contributed by atoms with E-state index in [1.165, 1.54) is 0 Å². The van der Waals surface area contributed by atoms with Crippen LogP contribution in [-0.2, 0) is 11.3 Å². The Labute approximate surface area is 210 Å². The van der Waals surface area contributed by atoms with Gasteiger partial charge < -0.3 is 19.4 Å². The summed E-state index contributed by atoms with van der Waals surface area (Å²) >= 11 is 0. The van der Waals surface area contributed by atoms with Crippen LogP contribution in [0.3, 0.4) is 0 Å². The summed E-state index contributed by atoms with van der Waals surface area (Å²) in [5.41, 5.74) is 2.41. The molecule has 1 saturated heterocycles. The first kappa shape index (κ1) is 25.2. The van der Waals surface area contributed by atoms with E-state index in [4.69, 9.17) is 9.15 Å². The highest BCUT2D eigenvalue weighted by atomic mass is 16.6. The lowest BCUT2D eigenvalue weighted by atomic mass is 9.97. The molecule has 1 fully saturated rings. The Morgan fingerprint density at radius 1 is 1.11 bits per heavy atom. The third-order valence-corrected chi connectivity index (χ3v) is 6.29. The summed E-state index contributed by atoms with van der Waals surface area (Å²) in [6.45, 7) is 3.89. The third-order valence-electron chi connectivity index (χ3n) is 6.29. The van der Waals surface area contributed by atoms with Gasteiger partial charge in [-0.05, 0) is 24.8 Å². The molecule has 0 atom stereocenters. The lowest BCUT2D eigenvalue weighted by Crippen LogP contribution is -2.38. The predicted molar refractivity (Wildman–Crippen MR) is 135 cm³/mol. The normalized spacial score (nSPS) is 13.9. The van der Waals surface area contributed by atoms with Crippen molar-refractivity contribution in [2.45, 2.75) is 45.1 Å². The van der Waals surface area contributed by atoms with E-state index >= 15 is 0 Å². The fourth-order valence-electron chi connectivity index (χ4n) is 4.16. The molecule has 0 radical (unpaired) electrons. The molecule has 1 aliphatic heterocycles. The van der Waals surface area contributed by atoms with Crippen LogP contribution in [0.1, 0.15) is 70.8 Å². The number of rotatable bonds is 9. The van der Waals surface area contributed by atoms with Gasteiger partial charge in [-0.2, -0.15) is 0 Å². The standard InChI is InChI=1S/C28H31N3O5/c1-2-3-15-29-26(33)24-25(22-11-9-20(18-32)10-12-22)36-27(30-24)23-13-16-31(17-14-23)28(34)35-19-21-7-5-4-6-8-21/h4-12,18,23H,2-3,13-17,19H2,1H3,(H,29,33). The van der Waals surface area contributed by atoms with E-state index in [1.807, 2.05) is 30.3 Å². The molecule has 1 aliphatic rings. The largest absolute Gasteiger partial charge is 0.445 e. The van der Waals surface area contributed by atoms with Crippen LogP contribution in [-0.4, -0.2) is 47.8 Å². The SMILES string of the molecule is CCCCNC(=O)c1nc(C2CCN(C(=O)OCc3ccccc3)CC2)oc1-c1ccc(C=O)cc1. The summed E-state index contributed by atoms with van der Waals surface area (Å²) in [6.07, 6.45) is 3.58. The summed E-state index contributed by atoms with van der Waals surface area (Å²) in [5, 5.41) is 2.91. The van der Waals surface area contributed by atoms with Gasteiger partial charge in [0.05, 0.1) is 0 Å². The minimum atomic E-state index is -0.336. The number of amides is 2. The number of aldehydes is 1. The molecule has 2 aromatic carbocycles. The highest BCUT2D eigenvalue weighted by Gasteiger charge is 2.30. The Morgan fingerprint density at radius 3 is 2.50 bits per heavy atom. The van der Waals surface area contributed by atoms with Gasteiger partial charge in [0.2, 0.25) is 0 Å². The van der Waals surface area contributed by atoms with Gasteiger partial charge in [-0.15, -0.1) is 0 Å². The van der Waals surface area contributed by atoms with Crippen molar-refractivity contribution < 1.29 is 23.5 Å². The lowest BCUT2D eigenvalue weighted by molar-refractivity contribution is 0.0856. The maximum Gasteiger partial charge on any atom is 0.410 e. The second-order valence-electron chi connectivity index (χ2n) is 8.88. The number of nitrogens with one attached hydrogen (secondary N) is 1. The molecule has 0 aliphatic carbocycles. The second kappa shape index (κ2) is 12.2. The van der Waals surface area contributed by atoms with E-state index in [0.717, 1.165) is 24.7 Å². The minimum Gasteiger partial charge on any atom is -0.445 e. The molecular formula is C28H31N3O5. The van der Waals surface area contributed by atoms with E-state index in [2.05, 4.69) is 17.2 Å². The molecule has 1 aromatic heterocycles. The van der Waals surface area contributed by atoms with Crippen LogP contribution >= 0.6 is 0 Å². The molecule has 0 saturated carbocycles. The molecule has 8 nitrogen and oxygen atoms in total. The summed E-state index contributed by atoms with van der Waals surface area (Å²) in [4.78, 5) is 42.7. The monoisotopic (exact) mass is 489 g/mol. The number of hydrogen-bond acceptors (Lipinski definition) is 6. The van der Waals surface area contributed by atoms with Crippen molar-refractivity contribution in [1.29, 1.82) is 0 Å². The highest BCUT2D eigenvalue weighted by Crippen LogP contribution is 2.33. The molecule has 2 heterocycles. The molecule has 1 N–H and O–H groups in total. The fraction of sp³-hybridized carbons (Fsp3) is 0.357. The average molecular weight is 490 g/mol. The number of ether oxygens (including phenoxy) is 1. The predicted octanol–water partition coefficient (Wildman–Crippen LogP) is 5.20. The highest BCUT2D eigenvalue weighted by molar-refractivity contribution is 5.97. The number of unbranched alkanes of at least 4 members (excludes halogenated alkanes) is 1. The third kappa shape index (κ3) is 6.19. The van der Waals surface area contributed by atoms with Crippen molar-refractivity contribution in [3.05, 3.63) is 77.3 Å². The van der Waals surface area contributed by atoms with Crippen LogP contribution in [0, 0.1) is 0 Å². The first-order valence-corrected chi connectivity index (χ1v) is 12.4. The molecule has 188 valence electrons. The van der Waals surface area contributed by atoms with Crippen LogP contribution in [0.15, 0.2) is 59.0 Å². The number of oxazole rings is 1. The summed E-state index contributed by atoms with van der Waals surface area (Å²) < 4.78 is 11.6. The number of piperidine rings is 1. The van der Waals surface area contributed by atoms with E-state index in [9.17, 15) is 14.4 Å². The molecule has 8 heteroatoms. The Balaban J connectivity index is 1.44. The summed E-state index contributed by atoms with van der Waals surface area (Å²) in [6, 6.07) is 16.5. The molecule has 0 unspecified atom stereocenters. The van der Waals surface area contributed by atoms with Gasteiger partial charge in [-0.1, -0.05) is 67.9 Å². The Kier molecular flexibility index (Phi) is 8.49. The van der Waals surface area contributed by atoms with E-state index < -0.39 is 0 Å². The number of aromatic nitrogens is 1. The van der Waals surface area contributed by atoms with Gasteiger partial charge in [-0.3, -0.25) is 9.59 Å². The number of carbonyl (C=O) groups excluding carboxylic acids is 3. The zero-order valence-corrected chi connectivity index (χ0v) is 20.4. The van der Waals surface area contributed by atoms with E-state index in [1.54, 1.807) is 29.2 Å². The zero-order chi connectivity index (χ0) is 25.3. The van der Waals surface area contributed by atoms with Crippen LogP contribution < -0.4 is 5.32 Å². The minimum absolute atomic E-state index is 0.0200. The van der Waals surface area contributed by atoms with Gasteiger partial charge >= 0.3 is 6.09 Å². The van der Waals surface area contributed by atoms with Crippen LogP contribution in [0.5, 0.6) is 0 Å². The molecular weight excluding hydrogens is 458 g/mol. The number of nitrogens with zero attached hydrogens (tertiary/aromatic N) is 2. The van der Waals surface area contributed by atoms with Gasteiger partial charge in [0.15, 0.2) is 17.3 Å². The molecule has 2 amide bonds. The molecule has 0 bridgehead atoms. The van der Waals surface area contributed by atoms with Crippen LogP contribution in [0.25, 0.3) is 11.3 Å². The molecule has 0 spiro atoms. The molecule has 36 heavy (non-hydrogen) atoms. The zero-order valence-electron chi connectivity index (χ0n) is 20.4. The quantitative estimate of drug-likeness (QED) is 0.327. The van der Waals surface area contributed by atoms with Crippen molar-refractivity contribution in [3.63, 3.8) is 0 Å². The topological polar surface area (TPSA) is 102 Å². The Hall–Kier alpha value is -3.94. The number of carbonyl (C=O) groups is 3. The van der Waals surface area contributed by atoms with E-state index in [-0.39, 0.29) is 30.2 Å². The second-order valence-corrected chi connectivity index (χ2v) is 8.88. The average Bonchev–Trinajstić information content (AvgIpc) is 3.38. The molecule has 3 aromatic rings. The lowest BCUT2D eigenvalue weighted by Gasteiger charge is -2.29. The smallest absolute Gasteiger partial charge is 0.410 e. The first-order chi connectivity index (χ1) is 17.6. The van der Waals surface area contributed by atoms with Crippen molar-refractivity contribution in [1.82, 2.24) is 15.2 Å². The van der Waals surface area contributed by atoms with Gasteiger partial charge in [0.25, 0.3) is 5.91 Å². The maximum absolute atomic E-state index is 12.9. The van der Waals surface area contributed by atoms with Gasteiger partial charge in [-0.25, -0.2) is 9.78 Å².